The molecule has 1 rings (SSSR count). The lowest BCUT2D eigenvalue weighted by Crippen LogP contribution is -2.35. The zero-order chi connectivity index (χ0) is 15.8. The van der Waals surface area contributed by atoms with E-state index < -0.39 is 6.09 Å². The number of nitrogens with zero attached hydrogens (tertiary/aromatic N) is 1. The summed E-state index contributed by atoms with van der Waals surface area (Å²) >= 11 is 0. The molecular weight excluding hydrogens is 272 g/mol. The summed E-state index contributed by atoms with van der Waals surface area (Å²) < 4.78 is 10.7. The summed E-state index contributed by atoms with van der Waals surface area (Å²) in [7, 11) is 3.18. The molecular formula is C15H24N2O4. The Morgan fingerprint density at radius 3 is 2.57 bits per heavy atom. The number of rotatable bonds is 8. The highest BCUT2D eigenvalue weighted by Crippen LogP contribution is 2.27. The number of carboxylic acid groups (broad SMARTS) is 1. The van der Waals surface area contributed by atoms with E-state index >= 15 is 0 Å². The summed E-state index contributed by atoms with van der Waals surface area (Å²) in [5.74, 6) is 1.25. The molecule has 2 N–H and O–H groups in total. The van der Waals surface area contributed by atoms with Gasteiger partial charge in [-0.1, -0.05) is 20.3 Å². The third-order valence-electron chi connectivity index (χ3n) is 3.29. The van der Waals surface area contributed by atoms with E-state index in [1.165, 1.54) is 0 Å². The summed E-state index contributed by atoms with van der Waals surface area (Å²) in [6, 6.07) is 1.73. The number of hydrogen-bond donors (Lipinski definition) is 2. The van der Waals surface area contributed by atoms with E-state index in [2.05, 4.69) is 17.2 Å². The molecule has 0 saturated heterocycles. The molecule has 1 unspecified atom stereocenters. The number of carbonyl (C=O) groups is 1. The average molecular weight is 296 g/mol. The van der Waals surface area contributed by atoms with Crippen LogP contribution in [0.5, 0.6) is 11.6 Å². The smallest absolute Gasteiger partial charge is 0.404 e. The molecule has 0 spiro atoms. The molecule has 1 atom stereocenters. The van der Waals surface area contributed by atoms with E-state index in [1.807, 2.05) is 13.0 Å². The number of pyridine rings is 1. The molecule has 1 aromatic heterocycles. The first kappa shape index (κ1) is 17.1. The third-order valence-corrected chi connectivity index (χ3v) is 3.29. The zero-order valence-electron chi connectivity index (χ0n) is 13.1. The molecule has 118 valence electrons. The minimum atomic E-state index is -1.03. The fourth-order valence-electron chi connectivity index (χ4n) is 2.21. The van der Waals surface area contributed by atoms with Gasteiger partial charge in [0.05, 0.1) is 19.9 Å². The standard InChI is InChI=1S/C15H24N2O4/c1-5-7-10-8-13(20-3)12(17-14(10)21-4)9-11(6-2)16-15(18)19/h8,11,16H,5-7,9H2,1-4H3,(H,18,19). The van der Waals surface area contributed by atoms with Crippen molar-refractivity contribution in [3.8, 4) is 11.6 Å². The first-order valence-electron chi connectivity index (χ1n) is 7.15. The predicted molar refractivity (Wildman–Crippen MR) is 80.3 cm³/mol. The van der Waals surface area contributed by atoms with Gasteiger partial charge in [0.15, 0.2) is 0 Å². The molecule has 1 aromatic rings. The van der Waals surface area contributed by atoms with Crippen LogP contribution in [0.25, 0.3) is 0 Å². The lowest BCUT2D eigenvalue weighted by molar-refractivity contribution is 0.189. The van der Waals surface area contributed by atoms with Crippen molar-refractivity contribution < 1.29 is 19.4 Å². The summed E-state index contributed by atoms with van der Waals surface area (Å²) in [5, 5.41) is 11.3. The van der Waals surface area contributed by atoms with Crippen molar-refractivity contribution in [1.82, 2.24) is 10.3 Å². The highest BCUT2D eigenvalue weighted by atomic mass is 16.5. The van der Waals surface area contributed by atoms with Crippen molar-refractivity contribution in [2.45, 2.75) is 45.6 Å². The van der Waals surface area contributed by atoms with E-state index in [4.69, 9.17) is 14.6 Å². The molecule has 0 bridgehead atoms. The molecule has 0 saturated carbocycles. The topological polar surface area (TPSA) is 80.7 Å². The van der Waals surface area contributed by atoms with Gasteiger partial charge in [-0.2, -0.15) is 0 Å². The zero-order valence-corrected chi connectivity index (χ0v) is 13.1. The maximum absolute atomic E-state index is 10.8. The molecule has 1 amide bonds. The van der Waals surface area contributed by atoms with E-state index in [0.717, 1.165) is 18.4 Å². The monoisotopic (exact) mass is 296 g/mol. The highest BCUT2D eigenvalue weighted by Gasteiger charge is 2.17. The molecule has 0 fully saturated rings. The number of aromatic nitrogens is 1. The lowest BCUT2D eigenvalue weighted by atomic mass is 10.1. The Kier molecular flexibility index (Phi) is 6.78. The minimum absolute atomic E-state index is 0.203. The third kappa shape index (κ3) is 4.81. The highest BCUT2D eigenvalue weighted by molar-refractivity contribution is 5.64. The summed E-state index contributed by atoms with van der Waals surface area (Å²) in [4.78, 5) is 15.3. The van der Waals surface area contributed by atoms with Crippen LogP contribution in [-0.4, -0.2) is 36.4 Å². The summed E-state index contributed by atoms with van der Waals surface area (Å²) in [6.07, 6.45) is 1.96. The van der Waals surface area contributed by atoms with Crippen molar-refractivity contribution in [2.75, 3.05) is 14.2 Å². The van der Waals surface area contributed by atoms with Crippen LogP contribution in [0.1, 0.15) is 37.9 Å². The van der Waals surface area contributed by atoms with Gasteiger partial charge in [0, 0.05) is 18.0 Å². The molecule has 6 nitrogen and oxygen atoms in total. The van der Waals surface area contributed by atoms with Crippen molar-refractivity contribution in [3.63, 3.8) is 0 Å². The SMILES string of the molecule is CCCc1cc(OC)c(CC(CC)NC(=O)O)nc1OC. The van der Waals surface area contributed by atoms with E-state index in [0.29, 0.717) is 30.2 Å². The number of ether oxygens (including phenoxy) is 2. The van der Waals surface area contributed by atoms with Crippen LogP contribution in [0.2, 0.25) is 0 Å². The van der Waals surface area contributed by atoms with Crippen molar-refractivity contribution in [2.24, 2.45) is 0 Å². The molecule has 0 aliphatic carbocycles. The molecule has 0 aliphatic rings. The van der Waals surface area contributed by atoms with Crippen molar-refractivity contribution in [1.29, 1.82) is 0 Å². The number of aryl methyl sites for hydroxylation is 1. The van der Waals surface area contributed by atoms with Crippen LogP contribution >= 0.6 is 0 Å². The Hall–Kier alpha value is -1.98. The predicted octanol–water partition coefficient (Wildman–Crippen LogP) is 2.64. The van der Waals surface area contributed by atoms with Gasteiger partial charge < -0.3 is 19.9 Å². The first-order valence-corrected chi connectivity index (χ1v) is 7.15. The van der Waals surface area contributed by atoms with Gasteiger partial charge in [0.25, 0.3) is 0 Å². The number of nitrogens with one attached hydrogen (secondary N) is 1. The largest absolute Gasteiger partial charge is 0.495 e. The maximum Gasteiger partial charge on any atom is 0.404 e. The Morgan fingerprint density at radius 1 is 1.38 bits per heavy atom. The number of amides is 1. The second kappa shape index (κ2) is 8.34. The van der Waals surface area contributed by atoms with E-state index in [-0.39, 0.29) is 6.04 Å². The average Bonchev–Trinajstić information content (AvgIpc) is 2.47. The first-order chi connectivity index (χ1) is 10.0. The minimum Gasteiger partial charge on any atom is -0.495 e. The van der Waals surface area contributed by atoms with Crippen molar-refractivity contribution in [3.05, 3.63) is 17.3 Å². The second-order valence-corrected chi connectivity index (χ2v) is 4.81. The fourth-order valence-corrected chi connectivity index (χ4v) is 2.21. The molecule has 0 aromatic carbocycles. The van der Waals surface area contributed by atoms with E-state index in [1.54, 1.807) is 14.2 Å². The van der Waals surface area contributed by atoms with Gasteiger partial charge in [-0.15, -0.1) is 0 Å². The lowest BCUT2D eigenvalue weighted by Gasteiger charge is -2.18. The summed E-state index contributed by atoms with van der Waals surface area (Å²) in [6.45, 7) is 4.01. The fraction of sp³-hybridized carbons (Fsp3) is 0.600. The van der Waals surface area contributed by atoms with Crippen LogP contribution < -0.4 is 14.8 Å². The molecule has 21 heavy (non-hydrogen) atoms. The maximum atomic E-state index is 10.8. The Bertz CT molecular complexity index is 477. The number of hydrogen-bond acceptors (Lipinski definition) is 4. The van der Waals surface area contributed by atoms with Gasteiger partial charge in [0.1, 0.15) is 5.75 Å². The normalized spacial score (nSPS) is 11.8. The van der Waals surface area contributed by atoms with Crippen LogP contribution in [0.4, 0.5) is 4.79 Å². The molecule has 0 radical (unpaired) electrons. The van der Waals surface area contributed by atoms with Gasteiger partial charge in [0.2, 0.25) is 5.88 Å². The van der Waals surface area contributed by atoms with Crippen LogP contribution in [0.3, 0.4) is 0 Å². The molecule has 1 heterocycles. The van der Waals surface area contributed by atoms with Gasteiger partial charge in [-0.3, -0.25) is 0 Å². The van der Waals surface area contributed by atoms with Crippen molar-refractivity contribution >= 4 is 6.09 Å². The Balaban J connectivity index is 3.06. The van der Waals surface area contributed by atoms with Crippen LogP contribution in [0.15, 0.2) is 6.07 Å². The summed E-state index contributed by atoms with van der Waals surface area (Å²) in [5.41, 5.74) is 1.70. The second-order valence-electron chi connectivity index (χ2n) is 4.81. The quantitative estimate of drug-likeness (QED) is 0.771. The van der Waals surface area contributed by atoms with Gasteiger partial charge in [-0.25, -0.2) is 9.78 Å². The van der Waals surface area contributed by atoms with Crippen LogP contribution in [0, 0.1) is 0 Å². The van der Waals surface area contributed by atoms with Crippen LogP contribution in [-0.2, 0) is 12.8 Å². The number of methoxy groups -OCH3 is 2. The molecule has 0 aliphatic heterocycles. The molecule has 6 heteroatoms. The van der Waals surface area contributed by atoms with E-state index in [9.17, 15) is 4.79 Å². The van der Waals surface area contributed by atoms with Gasteiger partial charge in [-0.05, 0) is 18.9 Å². The Morgan fingerprint density at radius 2 is 2.10 bits per heavy atom. The van der Waals surface area contributed by atoms with Gasteiger partial charge >= 0.3 is 6.09 Å². The Labute approximate surface area is 125 Å².